The van der Waals surface area contributed by atoms with Gasteiger partial charge < -0.3 is 24.4 Å². The van der Waals surface area contributed by atoms with Crippen molar-refractivity contribution in [3.63, 3.8) is 0 Å². The Balaban J connectivity index is 2.72. The number of aliphatic hydroxyl groups is 1. The Hall–Kier alpha value is -1.08. The lowest BCUT2D eigenvalue weighted by Crippen LogP contribution is -2.53. The van der Waals surface area contributed by atoms with E-state index in [1.807, 2.05) is 31.1 Å². The van der Waals surface area contributed by atoms with Crippen molar-refractivity contribution in [3.8, 4) is 5.75 Å². The van der Waals surface area contributed by atoms with Crippen molar-refractivity contribution in [1.29, 1.82) is 0 Å². The number of hydrogen-bond acceptors (Lipinski definition) is 5. The van der Waals surface area contributed by atoms with Crippen LogP contribution in [0.2, 0.25) is 0 Å². The largest absolute Gasteiger partial charge is 0.492 e. The van der Waals surface area contributed by atoms with E-state index in [-0.39, 0.29) is 0 Å². The van der Waals surface area contributed by atoms with Gasteiger partial charge in [-0.25, -0.2) is 0 Å². The minimum atomic E-state index is -1.13. The van der Waals surface area contributed by atoms with Gasteiger partial charge in [-0.05, 0) is 59.4 Å². The van der Waals surface area contributed by atoms with E-state index in [2.05, 4.69) is 0 Å². The molecule has 0 aliphatic heterocycles. The first-order chi connectivity index (χ1) is 10.0. The molecule has 2 N–H and O–H groups in total. The second kappa shape index (κ2) is 7.46. The van der Waals surface area contributed by atoms with Gasteiger partial charge in [-0.15, -0.1) is 0 Å². The zero-order valence-electron chi connectivity index (χ0n) is 14.5. The summed E-state index contributed by atoms with van der Waals surface area (Å²) in [6.45, 7) is 8.18. The Morgan fingerprint density at radius 1 is 1.18 bits per heavy atom. The van der Waals surface area contributed by atoms with E-state index in [0.717, 1.165) is 6.54 Å². The van der Waals surface area contributed by atoms with Gasteiger partial charge in [-0.2, -0.15) is 0 Å². The van der Waals surface area contributed by atoms with Crippen LogP contribution >= 0.6 is 0 Å². The van der Waals surface area contributed by atoms with Crippen molar-refractivity contribution < 1.29 is 19.5 Å². The number of likely N-dealkylation sites (N-methyl/N-ethyl adjacent to an activating group) is 1. The fourth-order valence-corrected chi connectivity index (χ4v) is 1.60. The number of hydrogen-bond donors (Lipinski definition) is 2. The fraction of sp³-hybridized carbons (Fsp3) is 0.625. The molecular weight excluding hydrogens is 281 g/mol. The Morgan fingerprint density at radius 2 is 1.82 bits per heavy atom. The molecule has 22 heavy (non-hydrogen) atoms. The Bertz CT molecular complexity index is 471. The van der Waals surface area contributed by atoms with Gasteiger partial charge in [-0.3, -0.25) is 0 Å². The highest BCUT2D eigenvalue weighted by molar-refractivity contribution is 6.60. The highest BCUT2D eigenvalue weighted by Crippen LogP contribution is 2.25. The van der Waals surface area contributed by atoms with E-state index in [0.29, 0.717) is 17.8 Å². The Kier molecular flexibility index (Phi) is 6.44. The van der Waals surface area contributed by atoms with Gasteiger partial charge >= 0.3 is 7.12 Å². The molecule has 0 spiro atoms. The Labute approximate surface area is 134 Å². The van der Waals surface area contributed by atoms with Crippen molar-refractivity contribution >= 4 is 12.6 Å². The molecule has 124 valence electrons. The minimum Gasteiger partial charge on any atom is -0.492 e. The van der Waals surface area contributed by atoms with Crippen LogP contribution < -0.4 is 10.2 Å². The molecule has 0 radical (unpaired) electrons. The standard InChI is InChI=1S/C16H28BNO4/c1-15(2,19)16(3,4)22-17(20)13-8-7-9-14(12-13)21-11-10-18(5)6/h7-9,12,19-20H,10-11H2,1-6H3. The van der Waals surface area contributed by atoms with Crippen LogP contribution in [0.5, 0.6) is 5.75 Å². The van der Waals surface area contributed by atoms with Gasteiger partial charge in [0, 0.05) is 6.54 Å². The second-order valence-electron chi connectivity index (χ2n) is 6.76. The molecule has 0 aliphatic carbocycles. The normalized spacial score (nSPS) is 12.6. The molecule has 0 fully saturated rings. The average Bonchev–Trinajstić information content (AvgIpc) is 2.36. The summed E-state index contributed by atoms with van der Waals surface area (Å²) in [5.74, 6) is 0.683. The third-order valence-electron chi connectivity index (χ3n) is 3.83. The van der Waals surface area contributed by atoms with Gasteiger partial charge in [-0.1, -0.05) is 12.1 Å². The molecule has 0 bridgehead atoms. The van der Waals surface area contributed by atoms with Crippen molar-refractivity contribution in [3.05, 3.63) is 24.3 Å². The number of ether oxygens (including phenoxy) is 1. The van der Waals surface area contributed by atoms with E-state index in [1.54, 1.807) is 39.8 Å². The molecule has 6 heteroatoms. The first-order valence-electron chi connectivity index (χ1n) is 7.49. The molecule has 0 amide bonds. The summed E-state index contributed by atoms with van der Waals surface area (Å²) < 4.78 is 11.3. The molecule has 5 nitrogen and oxygen atoms in total. The quantitative estimate of drug-likeness (QED) is 0.698. The predicted octanol–water partition coefficient (Wildman–Crippen LogP) is 0.881. The molecule has 0 saturated heterocycles. The van der Waals surface area contributed by atoms with Gasteiger partial charge in [0.05, 0.1) is 11.2 Å². The maximum absolute atomic E-state index is 10.3. The van der Waals surface area contributed by atoms with Crippen LogP contribution in [-0.2, 0) is 4.65 Å². The summed E-state index contributed by atoms with van der Waals surface area (Å²) in [5.41, 5.74) is -1.37. The summed E-state index contributed by atoms with van der Waals surface area (Å²) in [6, 6.07) is 7.17. The van der Waals surface area contributed by atoms with Gasteiger partial charge in [0.2, 0.25) is 0 Å². The van der Waals surface area contributed by atoms with E-state index in [9.17, 15) is 10.1 Å². The van der Waals surface area contributed by atoms with Gasteiger partial charge in [0.15, 0.2) is 0 Å². The molecule has 0 aliphatic rings. The predicted molar refractivity (Wildman–Crippen MR) is 89.6 cm³/mol. The van der Waals surface area contributed by atoms with E-state index in [1.165, 1.54) is 0 Å². The maximum atomic E-state index is 10.3. The molecule has 1 rings (SSSR count). The van der Waals surface area contributed by atoms with Crippen LogP contribution in [0, 0.1) is 0 Å². The van der Waals surface area contributed by atoms with Crippen molar-refractivity contribution in [2.24, 2.45) is 0 Å². The monoisotopic (exact) mass is 309 g/mol. The molecule has 1 aromatic rings. The van der Waals surface area contributed by atoms with E-state index >= 15 is 0 Å². The summed E-state index contributed by atoms with van der Waals surface area (Å²) >= 11 is 0. The SMILES string of the molecule is CN(C)CCOc1cccc(B(O)OC(C)(C)C(C)(C)O)c1. The van der Waals surface area contributed by atoms with Crippen LogP contribution in [0.15, 0.2) is 24.3 Å². The topological polar surface area (TPSA) is 62.2 Å². The third-order valence-corrected chi connectivity index (χ3v) is 3.83. The van der Waals surface area contributed by atoms with Crippen LogP contribution in [-0.4, -0.2) is 60.6 Å². The fourth-order valence-electron chi connectivity index (χ4n) is 1.60. The van der Waals surface area contributed by atoms with Crippen LogP contribution in [0.25, 0.3) is 0 Å². The summed E-state index contributed by atoms with van der Waals surface area (Å²) in [7, 11) is 2.84. The van der Waals surface area contributed by atoms with E-state index in [4.69, 9.17) is 9.39 Å². The number of rotatable bonds is 8. The first-order valence-corrected chi connectivity index (χ1v) is 7.49. The zero-order chi connectivity index (χ0) is 17.0. The Morgan fingerprint density at radius 3 is 2.36 bits per heavy atom. The van der Waals surface area contributed by atoms with Crippen molar-refractivity contribution in [1.82, 2.24) is 4.90 Å². The summed E-state index contributed by atoms with van der Waals surface area (Å²) in [4.78, 5) is 2.04. The lowest BCUT2D eigenvalue weighted by atomic mass is 9.76. The highest BCUT2D eigenvalue weighted by Gasteiger charge is 2.39. The van der Waals surface area contributed by atoms with Crippen LogP contribution in [0.3, 0.4) is 0 Å². The van der Waals surface area contributed by atoms with Gasteiger partial charge in [0.25, 0.3) is 0 Å². The van der Waals surface area contributed by atoms with Gasteiger partial charge in [0.1, 0.15) is 12.4 Å². The van der Waals surface area contributed by atoms with Crippen molar-refractivity contribution in [2.45, 2.75) is 38.9 Å². The zero-order valence-corrected chi connectivity index (χ0v) is 14.5. The molecule has 0 aromatic heterocycles. The summed E-state index contributed by atoms with van der Waals surface area (Å²) in [6.07, 6.45) is 0. The molecule has 0 saturated carbocycles. The lowest BCUT2D eigenvalue weighted by Gasteiger charge is -2.38. The third kappa shape index (κ3) is 5.61. The lowest BCUT2D eigenvalue weighted by molar-refractivity contribution is -0.0982. The summed E-state index contributed by atoms with van der Waals surface area (Å²) in [5, 5.41) is 20.4. The molecule has 0 atom stereocenters. The molecule has 1 aromatic carbocycles. The smallest absolute Gasteiger partial charge is 0.491 e. The molecule has 0 unspecified atom stereocenters. The second-order valence-corrected chi connectivity index (χ2v) is 6.76. The maximum Gasteiger partial charge on any atom is 0.491 e. The minimum absolute atomic E-state index is 0.572. The number of benzene rings is 1. The van der Waals surface area contributed by atoms with Crippen LogP contribution in [0.4, 0.5) is 0 Å². The first kappa shape index (κ1) is 19.0. The van der Waals surface area contributed by atoms with Crippen molar-refractivity contribution in [2.75, 3.05) is 27.2 Å². The van der Waals surface area contributed by atoms with Crippen LogP contribution in [0.1, 0.15) is 27.7 Å². The highest BCUT2D eigenvalue weighted by atomic mass is 16.5. The average molecular weight is 309 g/mol. The molecular formula is C16H28BNO4. The number of nitrogens with zero attached hydrogens (tertiary/aromatic N) is 1. The van der Waals surface area contributed by atoms with E-state index < -0.39 is 18.3 Å². The molecule has 0 heterocycles.